The molecule has 2 aromatic rings. The standard InChI is InChI=1S/C19H25N3OS/c1-3-15-5-7-16(8-6-15)19(23)22-11-9-21(10-12-22)13-17-14-24-18(4-2)20-17/h5-8,14H,3-4,9-13H2,1-2H3. The van der Waals surface area contributed by atoms with Gasteiger partial charge in [0.25, 0.3) is 5.91 Å². The van der Waals surface area contributed by atoms with Crippen molar-refractivity contribution in [1.82, 2.24) is 14.8 Å². The molecule has 0 saturated carbocycles. The molecule has 0 aliphatic carbocycles. The second-order valence-corrected chi connectivity index (χ2v) is 7.15. The van der Waals surface area contributed by atoms with Gasteiger partial charge in [0.05, 0.1) is 10.7 Å². The van der Waals surface area contributed by atoms with E-state index in [1.807, 2.05) is 17.0 Å². The van der Waals surface area contributed by atoms with Gasteiger partial charge < -0.3 is 4.90 Å². The van der Waals surface area contributed by atoms with Crippen molar-refractivity contribution in [3.05, 3.63) is 51.5 Å². The summed E-state index contributed by atoms with van der Waals surface area (Å²) >= 11 is 1.74. The van der Waals surface area contributed by atoms with Crippen molar-refractivity contribution < 1.29 is 4.79 Å². The van der Waals surface area contributed by atoms with Gasteiger partial charge in [-0.05, 0) is 30.5 Å². The Balaban J connectivity index is 1.53. The molecule has 0 spiro atoms. The molecule has 128 valence electrons. The van der Waals surface area contributed by atoms with Gasteiger partial charge in [0, 0.05) is 43.7 Å². The van der Waals surface area contributed by atoms with E-state index in [-0.39, 0.29) is 5.91 Å². The van der Waals surface area contributed by atoms with Gasteiger partial charge >= 0.3 is 0 Å². The molecule has 1 fully saturated rings. The third-order valence-corrected chi connectivity index (χ3v) is 5.60. The summed E-state index contributed by atoms with van der Waals surface area (Å²) in [5, 5.41) is 3.36. The summed E-state index contributed by atoms with van der Waals surface area (Å²) in [6, 6.07) is 8.01. The highest BCUT2D eigenvalue weighted by Crippen LogP contribution is 2.15. The predicted octanol–water partition coefficient (Wildman–Crippen LogP) is 3.23. The van der Waals surface area contributed by atoms with E-state index < -0.39 is 0 Å². The summed E-state index contributed by atoms with van der Waals surface area (Å²) in [5.41, 5.74) is 3.23. The second-order valence-electron chi connectivity index (χ2n) is 6.20. The summed E-state index contributed by atoms with van der Waals surface area (Å²) in [4.78, 5) is 21.6. The number of hydrogen-bond acceptors (Lipinski definition) is 4. The van der Waals surface area contributed by atoms with Crippen molar-refractivity contribution in [2.75, 3.05) is 26.2 Å². The van der Waals surface area contributed by atoms with Crippen LogP contribution in [0.4, 0.5) is 0 Å². The zero-order valence-corrected chi connectivity index (χ0v) is 15.3. The zero-order chi connectivity index (χ0) is 16.9. The molecular weight excluding hydrogens is 318 g/mol. The second kappa shape index (κ2) is 7.90. The van der Waals surface area contributed by atoms with Gasteiger partial charge in [-0.15, -0.1) is 11.3 Å². The van der Waals surface area contributed by atoms with Gasteiger partial charge in [0.2, 0.25) is 0 Å². The molecule has 1 amide bonds. The first-order valence-corrected chi connectivity index (χ1v) is 9.61. The minimum absolute atomic E-state index is 0.152. The maximum absolute atomic E-state index is 12.6. The van der Waals surface area contributed by atoms with Crippen LogP contribution < -0.4 is 0 Å². The Labute approximate surface area is 148 Å². The van der Waals surface area contributed by atoms with Crippen LogP contribution in [0.3, 0.4) is 0 Å². The number of carbonyl (C=O) groups is 1. The summed E-state index contributed by atoms with van der Waals surface area (Å²) in [7, 11) is 0. The first-order chi connectivity index (χ1) is 11.7. The van der Waals surface area contributed by atoms with Crippen LogP contribution in [0.2, 0.25) is 0 Å². The highest BCUT2D eigenvalue weighted by molar-refractivity contribution is 7.09. The van der Waals surface area contributed by atoms with E-state index in [1.165, 1.54) is 10.6 Å². The van der Waals surface area contributed by atoms with Crippen molar-refractivity contribution in [3.63, 3.8) is 0 Å². The van der Waals surface area contributed by atoms with Crippen molar-refractivity contribution in [2.24, 2.45) is 0 Å². The minimum Gasteiger partial charge on any atom is -0.336 e. The lowest BCUT2D eigenvalue weighted by molar-refractivity contribution is 0.0627. The van der Waals surface area contributed by atoms with E-state index in [0.717, 1.165) is 56.8 Å². The molecule has 1 aliphatic rings. The fraction of sp³-hybridized carbons (Fsp3) is 0.474. The molecule has 0 bridgehead atoms. The Kier molecular flexibility index (Phi) is 5.63. The lowest BCUT2D eigenvalue weighted by Crippen LogP contribution is -2.48. The molecule has 4 nitrogen and oxygen atoms in total. The number of hydrogen-bond donors (Lipinski definition) is 0. The van der Waals surface area contributed by atoms with E-state index >= 15 is 0 Å². The third kappa shape index (κ3) is 4.02. The van der Waals surface area contributed by atoms with E-state index in [2.05, 4.69) is 41.2 Å². The van der Waals surface area contributed by atoms with Crippen LogP contribution >= 0.6 is 11.3 Å². The molecule has 0 radical (unpaired) electrons. The largest absolute Gasteiger partial charge is 0.336 e. The van der Waals surface area contributed by atoms with E-state index in [0.29, 0.717) is 0 Å². The highest BCUT2D eigenvalue weighted by Gasteiger charge is 2.22. The number of rotatable bonds is 5. The van der Waals surface area contributed by atoms with Crippen LogP contribution in [-0.4, -0.2) is 46.9 Å². The lowest BCUT2D eigenvalue weighted by Gasteiger charge is -2.34. The Morgan fingerprint density at radius 3 is 2.38 bits per heavy atom. The number of thiazole rings is 1. The number of nitrogens with zero attached hydrogens (tertiary/aromatic N) is 3. The normalized spacial score (nSPS) is 15.7. The Morgan fingerprint density at radius 2 is 1.79 bits per heavy atom. The van der Waals surface area contributed by atoms with Gasteiger partial charge in [-0.2, -0.15) is 0 Å². The molecule has 0 N–H and O–H groups in total. The van der Waals surface area contributed by atoms with Gasteiger partial charge in [0.1, 0.15) is 0 Å². The monoisotopic (exact) mass is 343 g/mol. The van der Waals surface area contributed by atoms with Crippen LogP contribution in [-0.2, 0) is 19.4 Å². The molecule has 3 rings (SSSR count). The van der Waals surface area contributed by atoms with E-state index in [4.69, 9.17) is 0 Å². The molecular formula is C19H25N3OS. The van der Waals surface area contributed by atoms with Gasteiger partial charge in [-0.3, -0.25) is 9.69 Å². The molecule has 1 saturated heterocycles. The first kappa shape index (κ1) is 17.1. The topological polar surface area (TPSA) is 36.4 Å². The molecule has 5 heteroatoms. The van der Waals surface area contributed by atoms with Gasteiger partial charge in [-0.1, -0.05) is 26.0 Å². The summed E-state index contributed by atoms with van der Waals surface area (Å²) < 4.78 is 0. The maximum atomic E-state index is 12.6. The maximum Gasteiger partial charge on any atom is 0.253 e. The van der Waals surface area contributed by atoms with E-state index in [9.17, 15) is 4.79 Å². The lowest BCUT2D eigenvalue weighted by atomic mass is 10.1. The fourth-order valence-electron chi connectivity index (χ4n) is 2.99. The van der Waals surface area contributed by atoms with Crippen molar-refractivity contribution in [2.45, 2.75) is 33.2 Å². The van der Waals surface area contributed by atoms with Crippen LogP contribution in [0.25, 0.3) is 0 Å². The van der Waals surface area contributed by atoms with Crippen molar-refractivity contribution in [1.29, 1.82) is 0 Å². The molecule has 1 aromatic heterocycles. The van der Waals surface area contributed by atoms with E-state index in [1.54, 1.807) is 11.3 Å². The van der Waals surface area contributed by atoms with Crippen LogP contribution in [0.5, 0.6) is 0 Å². The van der Waals surface area contributed by atoms with Crippen LogP contribution in [0.15, 0.2) is 29.6 Å². The number of benzene rings is 1. The molecule has 0 atom stereocenters. The third-order valence-electron chi connectivity index (χ3n) is 4.56. The number of carbonyl (C=O) groups excluding carboxylic acids is 1. The number of amides is 1. The Hall–Kier alpha value is -1.72. The average molecular weight is 343 g/mol. The molecule has 1 aromatic carbocycles. The average Bonchev–Trinajstić information content (AvgIpc) is 3.09. The minimum atomic E-state index is 0.152. The quantitative estimate of drug-likeness (QED) is 0.836. The van der Waals surface area contributed by atoms with Crippen LogP contribution in [0.1, 0.15) is 40.5 Å². The van der Waals surface area contributed by atoms with Gasteiger partial charge in [-0.25, -0.2) is 4.98 Å². The number of piperazine rings is 1. The van der Waals surface area contributed by atoms with Crippen molar-refractivity contribution in [3.8, 4) is 0 Å². The summed E-state index contributed by atoms with van der Waals surface area (Å²) in [5.74, 6) is 0.152. The smallest absolute Gasteiger partial charge is 0.253 e. The van der Waals surface area contributed by atoms with Crippen molar-refractivity contribution >= 4 is 17.2 Å². The number of aromatic nitrogens is 1. The highest BCUT2D eigenvalue weighted by atomic mass is 32.1. The molecule has 24 heavy (non-hydrogen) atoms. The molecule has 2 heterocycles. The summed E-state index contributed by atoms with van der Waals surface area (Å²) in [6.07, 6.45) is 2.01. The zero-order valence-electron chi connectivity index (χ0n) is 14.5. The summed E-state index contributed by atoms with van der Waals surface area (Å²) in [6.45, 7) is 8.57. The molecule has 0 unspecified atom stereocenters. The van der Waals surface area contributed by atoms with Crippen LogP contribution in [0, 0.1) is 0 Å². The molecule has 1 aliphatic heterocycles. The fourth-order valence-corrected chi connectivity index (χ4v) is 3.72. The Morgan fingerprint density at radius 1 is 1.08 bits per heavy atom. The number of aryl methyl sites for hydroxylation is 2. The Bertz CT molecular complexity index is 672. The predicted molar refractivity (Wildman–Crippen MR) is 98.5 cm³/mol. The first-order valence-electron chi connectivity index (χ1n) is 8.73. The van der Waals surface area contributed by atoms with Gasteiger partial charge in [0.15, 0.2) is 0 Å². The SMILES string of the molecule is CCc1ccc(C(=O)N2CCN(Cc3csc(CC)n3)CC2)cc1.